The highest BCUT2D eigenvalue weighted by Gasteiger charge is 2.74. The number of hydrogen-bond acceptors (Lipinski definition) is 5. The van der Waals surface area contributed by atoms with Crippen LogP contribution in [0.1, 0.15) is 37.9 Å². The van der Waals surface area contributed by atoms with Crippen molar-refractivity contribution in [1.82, 2.24) is 0 Å². The number of benzene rings is 3. The topological polar surface area (TPSA) is 80.8 Å². The van der Waals surface area contributed by atoms with Crippen LogP contribution in [0.4, 0.5) is 10.1 Å². The van der Waals surface area contributed by atoms with Gasteiger partial charge in [0, 0.05) is 11.1 Å². The third-order valence-electron chi connectivity index (χ3n) is 7.08. The molecule has 0 saturated carbocycles. The molecule has 7 heteroatoms. The van der Waals surface area contributed by atoms with Crippen molar-refractivity contribution in [3.05, 3.63) is 101 Å². The minimum Gasteiger partial charge on any atom is -0.349 e. The second-order valence-electron chi connectivity index (χ2n) is 8.83. The highest BCUT2D eigenvalue weighted by molar-refractivity contribution is 6.37. The summed E-state index contributed by atoms with van der Waals surface area (Å²) in [6.07, 6.45) is -0.997. The summed E-state index contributed by atoms with van der Waals surface area (Å²) in [5, 5.41) is 0. The number of amides is 2. The summed E-state index contributed by atoms with van der Waals surface area (Å²) in [6, 6.07) is 18.6. The maximum atomic E-state index is 14.0. The minimum atomic E-state index is -2.14. The molecular formula is C27H18FNO5. The molecule has 2 fully saturated rings. The fourth-order valence-electron chi connectivity index (χ4n) is 5.58. The van der Waals surface area contributed by atoms with Crippen LogP contribution < -0.4 is 4.90 Å². The SMILES string of the molecule is Cc1ccccc1[C@@H]1OC2(C(=O)c3ccccc3C2=O)[C@@H]2C(=O)N(c3cccc(F)c3)C(=O)[C@@H]21. The second kappa shape index (κ2) is 7.01. The van der Waals surface area contributed by atoms with Gasteiger partial charge in [0.1, 0.15) is 5.82 Å². The molecule has 3 atom stereocenters. The average Bonchev–Trinajstić information content (AvgIpc) is 3.39. The lowest BCUT2D eigenvalue weighted by atomic mass is 9.77. The van der Waals surface area contributed by atoms with Crippen molar-refractivity contribution in [3.8, 4) is 0 Å². The maximum Gasteiger partial charge on any atom is 0.241 e. The zero-order valence-corrected chi connectivity index (χ0v) is 18.0. The molecule has 2 amide bonds. The molecule has 0 radical (unpaired) electrons. The van der Waals surface area contributed by atoms with Gasteiger partial charge in [-0.05, 0) is 36.2 Å². The zero-order valence-electron chi connectivity index (χ0n) is 18.0. The van der Waals surface area contributed by atoms with Crippen LogP contribution in [0, 0.1) is 24.6 Å². The molecule has 168 valence electrons. The zero-order chi connectivity index (χ0) is 23.8. The standard InChI is InChI=1S/C27H18FNO5/c1-14-7-2-3-10-17(14)22-20-21(26(33)29(25(20)32)16-9-6-8-15(28)13-16)27(34-22)23(30)18-11-4-5-12-19(18)24(27)31/h2-13,20-22H,1H3/t20-,21-,22-/m0/s1. The summed E-state index contributed by atoms with van der Waals surface area (Å²) in [5.41, 5.74) is -0.340. The molecule has 3 aromatic carbocycles. The molecule has 2 saturated heterocycles. The number of carbonyl (C=O) groups excluding carboxylic acids is 4. The van der Waals surface area contributed by atoms with E-state index in [4.69, 9.17) is 4.74 Å². The molecular weight excluding hydrogens is 437 g/mol. The molecule has 1 aliphatic carbocycles. The number of hydrogen-bond donors (Lipinski definition) is 0. The summed E-state index contributed by atoms with van der Waals surface area (Å²) >= 11 is 0. The van der Waals surface area contributed by atoms with E-state index in [9.17, 15) is 23.6 Å². The molecule has 2 heterocycles. The summed E-state index contributed by atoms with van der Waals surface area (Å²) < 4.78 is 20.2. The Kier molecular flexibility index (Phi) is 4.25. The average molecular weight is 455 g/mol. The van der Waals surface area contributed by atoms with Gasteiger partial charge in [0.25, 0.3) is 0 Å². The van der Waals surface area contributed by atoms with Crippen molar-refractivity contribution < 1.29 is 28.3 Å². The highest BCUT2D eigenvalue weighted by atomic mass is 19.1. The highest BCUT2D eigenvalue weighted by Crippen LogP contribution is 2.58. The fraction of sp³-hybridized carbons (Fsp3) is 0.185. The molecule has 3 aliphatic rings. The lowest BCUT2D eigenvalue weighted by molar-refractivity contribution is -0.127. The molecule has 0 aromatic heterocycles. The largest absolute Gasteiger partial charge is 0.349 e. The Balaban J connectivity index is 1.57. The van der Waals surface area contributed by atoms with Crippen LogP contribution in [0.3, 0.4) is 0 Å². The lowest BCUT2D eigenvalue weighted by Gasteiger charge is -2.27. The molecule has 6 rings (SSSR count). The molecule has 0 N–H and O–H groups in total. The first kappa shape index (κ1) is 20.6. The number of anilines is 1. The van der Waals surface area contributed by atoms with E-state index in [2.05, 4.69) is 0 Å². The maximum absolute atomic E-state index is 14.0. The van der Waals surface area contributed by atoms with Gasteiger partial charge >= 0.3 is 0 Å². The van der Waals surface area contributed by atoms with E-state index in [1.165, 1.54) is 30.3 Å². The number of rotatable bonds is 2. The van der Waals surface area contributed by atoms with Gasteiger partial charge in [-0.25, -0.2) is 9.29 Å². The van der Waals surface area contributed by atoms with Gasteiger partial charge in [0.05, 0.1) is 23.6 Å². The first-order chi connectivity index (χ1) is 16.4. The first-order valence-electron chi connectivity index (χ1n) is 10.9. The Labute approximate surface area is 193 Å². The second-order valence-corrected chi connectivity index (χ2v) is 8.83. The smallest absolute Gasteiger partial charge is 0.241 e. The van der Waals surface area contributed by atoms with Crippen LogP contribution in [-0.4, -0.2) is 29.0 Å². The molecule has 0 unspecified atom stereocenters. The van der Waals surface area contributed by atoms with Crippen LogP contribution in [0.15, 0.2) is 72.8 Å². The van der Waals surface area contributed by atoms with Crippen LogP contribution in [-0.2, 0) is 14.3 Å². The number of halogens is 1. The van der Waals surface area contributed by atoms with Gasteiger partial charge in [0.2, 0.25) is 29.0 Å². The number of nitrogens with zero attached hydrogens (tertiary/aromatic N) is 1. The summed E-state index contributed by atoms with van der Waals surface area (Å²) in [4.78, 5) is 55.8. The fourth-order valence-corrected chi connectivity index (χ4v) is 5.58. The van der Waals surface area contributed by atoms with E-state index in [1.807, 2.05) is 19.1 Å². The Hall–Kier alpha value is -3.97. The molecule has 1 spiro atoms. The number of carbonyl (C=O) groups is 4. The number of Topliss-reactive ketones (excluding diaryl/α,β-unsaturated/α-hetero) is 2. The van der Waals surface area contributed by atoms with E-state index in [0.29, 0.717) is 5.56 Å². The van der Waals surface area contributed by atoms with Crippen molar-refractivity contribution in [1.29, 1.82) is 0 Å². The number of fused-ring (bicyclic) bond motifs is 3. The molecule has 34 heavy (non-hydrogen) atoms. The summed E-state index contributed by atoms with van der Waals surface area (Å²) in [7, 11) is 0. The van der Waals surface area contributed by atoms with E-state index in [1.54, 1.807) is 24.3 Å². The number of ketones is 2. The molecule has 6 nitrogen and oxygen atoms in total. The van der Waals surface area contributed by atoms with Gasteiger partial charge in [-0.2, -0.15) is 0 Å². The van der Waals surface area contributed by atoms with E-state index in [0.717, 1.165) is 16.5 Å². The number of imide groups is 1. The van der Waals surface area contributed by atoms with Gasteiger partial charge < -0.3 is 4.74 Å². The van der Waals surface area contributed by atoms with Crippen LogP contribution in [0.5, 0.6) is 0 Å². The van der Waals surface area contributed by atoms with Crippen LogP contribution >= 0.6 is 0 Å². The van der Waals surface area contributed by atoms with Crippen molar-refractivity contribution >= 4 is 29.1 Å². The van der Waals surface area contributed by atoms with Crippen molar-refractivity contribution in [2.75, 3.05) is 4.90 Å². The van der Waals surface area contributed by atoms with Crippen molar-refractivity contribution in [2.45, 2.75) is 18.6 Å². The van der Waals surface area contributed by atoms with Crippen molar-refractivity contribution in [2.24, 2.45) is 11.8 Å². The van der Waals surface area contributed by atoms with Gasteiger partial charge in [-0.3, -0.25) is 19.2 Å². The quantitative estimate of drug-likeness (QED) is 0.433. The Morgan fingerprint density at radius 1 is 0.824 bits per heavy atom. The van der Waals surface area contributed by atoms with E-state index >= 15 is 0 Å². The summed E-state index contributed by atoms with van der Waals surface area (Å²) in [6.45, 7) is 1.83. The van der Waals surface area contributed by atoms with Crippen LogP contribution in [0.2, 0.25) is 0 Å². The predicted molar refractivity (Wildman–Crippen MR) is 119 cm³/mol. The van der Waals surface area contributed by atoms with E-state index in [-0.39, 0.29) is 16.8 Å². The number of aryl methyl sites for hydroxylation is 1. The monoisotopic (exact) mass is 455 g/mol. The third kappa shape index (κ3) is 2.47. The Bertz CT molecular complexity index is 1390. The Morgan fingerprint density at radius 3 is 2.12 bits per heavy atom. The summed E-state index contributed by atoms with van der Waals surface area (Å²) in [5.74, 6) is -5.70. The van der Waals surface area contributed by atoms with Gasteiger partial charge in [-0.15, -0.1) is 0 Å². The first-order valence-corrected chi connectivity index (χ1v) is 10.9. The van der Waals surface area contributed by atoms with Crippen LogP contribution in [0.25, 0.3) is 0 Å². The van der Waals surface area contributed by atoms with Gasteiger partial charge in [0.15, 0.2) is 0 Å². The van der Waals surface area contributed by atoms with Gasteiger partial charge in [-0.1, -0.05) is 54.6 Å². The Morgan fingerprint density at radius 2 is 1.47 bits per heavy atom. The molecule has 2 aliphatic heterocycles. The lowest BCUT2D eigenvalue weighted by Crippen LogP contribution is -2.51. The predicted octanol–water partition coefficient (Wildman–Crippen LogP) is 3.83. The molecule has 3 aromatic rings. The van der Waals surface area contributed by atoms with E-state index < -0.39 is 52.7 Å². The van der Waals surface area contributed by atoms with Crippen molar-refractivity contribution in [3.63, 3.8) is 0 Å². The normalized spacial score (nSPS) is 24.8. The number of ether oxygens (including phenoxy) is 1. The third-order valence-corrected chi connectivity index (χ3v) is 7.08. The minimum absolute atomic E-state index is 0.0542. The molecule has 0 bridgehead atoms.